The van der Waals surface area contributed by atoms with Crippen molar-refractivity contribution in [1.82, 2.24) is 0 Å². The van der Waals surface area contributed by atoms with Gasteiger partial charge in [-0.05, 0) is 37.0 Å². The standard InChI is InChI=1S/C17H15ClF2/c18-16(11-13-14(19)7-4-8-15(13)20)17(9-10-17)12-5-2-1-3-6-12/h1-8,16H,9-11H2. The topological polar surface area (TPSA) is 0 Å². The molecule has 3 rings (SSSR count). The van der Waals surface area contributed by atoms with E-state index in [2.05, 4.69) is 0 Å². The van der Waals surface area contributed by atoms with Crippen LogP contribution in [0.2, 0.25) is 0 Å². The van der Waals surface area contributed by atoms with E-state index in [0.717, 1.165) is 18.4 Å². The Balaban J connectivity index is 1.85. The van der Waals surface area contributed by atoms with Gasteiger partial charge in [0.25, 0.3) is 0 Å². The van der Waals surface area contributed by atoms with Crippen molar-refractivity contribution in [3.63, 3.8) is 0 Å². The van der Waals surface area contributed by atoms with Crippen molar-refractivity contribution in [3.8, 4) is 0 Å². The molecule has 1 aliphatic carbocycles. The van der Waals surface area contributed by atoms with Gasteiger partial charge in [-0.2, -0.15) is 0 Å². The summed E-state index contributed by atoms with van der Waals surface area (Å²) >= 11 is 6.51. The highest BCUT2D eigenvalue weighted by molar-refractivity contribution is 6.22. The van der Waals surface area contributed by atoms with E-state index in [1.54, 1.807) is 0 Å². The number of hydrogen-bond donors (Lipinski definition) is 0. The molecule has 0 N–H and O–H groups in total. The zero-order valence-corrected chi connectivity index (χ0v) is 11.7. The van der Waals surface area contributed by atoms with Gasteiger partial charge in [0.1, 0.15) is 11.6 Å². The molecule has 0 spiro atoms. The lowest BCUT2D eigenvalue weighted by Gasteiger charge is -2.22. The first-order valence-electron chi connectivity index (χ1n) is 6.76. The average Bonchev–Trinajstić information content (AvgIpc) is 3.25. The highest BCUT2D eigenvalue weighted by Gasteiger charge is 2.50. The molecule has 1 saturated carbocycles. The van der Waals surface area contributed by atoms with Gasteiger partial charge in [0.05, 0.1) is 0 Å². The van der Waals surface area contributed by atoms with Crippen molar-refractivity contribution < 1.29 is 8.78 Å². The average molecular weight is 293 g/mol. The van der Waals surface area contributed by atoms with Gasteiger partial charge < -0.3 is 0 Å². The second-order valence-corrected chi connectivity index (χ2v) is 5.92. The van der Waals surface area contributed by atoms with Gasteiger partial charge in [-0.3, -0.25) is 0 Å². The molecule has 0 amide bonds. The van der Waals surface area contributed by atoms with Crippen LogP contribution in [-0.2, 0) is 11.8 Å². The number of benzene rings is 2. The first-order chi connectivity index (χ1) is 9.63. The van der Waals surface area contributed by atoms with E-state index in [1.807, 2.05) is 30.3 Å². The van der Waals surface area contributed by atoms with Crippen molar-refractivity contribution in [3.05, 3.63) is 71.3 Å². The third kappa shape index (κ3) is 2.33. The Bertz CT molecular complexity index is 585. The molecule has 0 aliphatic heterocycles. The molecule has 0 nitrogen and oxygen atoms in total. The lowest BCUT2D eigenvalue weighted by molar-refractivity contribution is 0.534. The lowest BCUT2D eigenvalue weighted by Crippen LogP contribution is -2.24. The van der Waals surface area contributed by atoms with Gasteiger partial charge in [0.2, 0.25) is 0 Å². The van der Waals surface area contributed by atoms with Crippen LogP contribution in [0.1, 0.15) is 24.0 Å². The van der Waals surface area contributed by atoms with Crippen molar-refractivity contribution in [2.24, 2.45) is 0 Å². The molecule has 1 atom stereocenters. The molecule has 2 aromatic rings. The summed E-state index contributed by atoms with van der Waals surface area (Å²) in [6, 6.07) is 13.9. The third-order valence-corrected chi connectivity index (χ3v) is 4.75. The predicted octanol–water partition coefficient (Wildman–Crippen LogP) is 4.85. The van der Waals surface area contributed by atoms with E-state index in [-0.39, 0.29) is 22.8 Å². The van der Waals surface area contributed by atoms with E-state index in [0.29, 0.717) is 0 Å². The van der Waals surface area contributed by atoms with E-state index < -0.39 is 11.6 Å². The van der Waals surface area contributed by atoms with E-state index >= 15 is 0 Å². The quantitative estimate of drug-likeness (QED) is 0.707. The number of rotatable bonds is 4. The predicted molar refractivity (Wildman–Crippen MR) is 77.1 cm³/mol. The fraction of sp³-hybridized carbons (Fsp3) is 0.294. The molecule has 0 radical (unpaired) electrons. The summed E-state index contributed by atoms with van der Waals surface area (Å²) in [6.45, 7) is 0. The van der Waals surface area contributed by atoms with Crippen LogP contribution in [0.15, 0.2) is 48.5 Å². The summed E-state index contributed by atoms with van der Waals surface area (Å²) in [4.78, 5) is 0. The Morgan fingerprint density at radius 3 is 2.10 bits per heavy atom. The molecule has 0 saturated heterocycles. The smallest absolute Gasteiger partial charge is 0.129 e. The second kappa shape index (κ2) is 5.17. The molecule has 0 bridgehead atoms. The zero-order chi connectivity index (χ0) is 14.2. The molecule has 0 aromatic heterocycles. The maximum Gasteiger partial charge on any atom is 0.129 e. The van der Waals surface area contributed by atoms with E-state index in [1.165, 1.54) is 18.2 Å². The first kappa shape index (κ1) is 13.6. The molecule has 20 heavy (non-hydrogen) atoms. The summed E-state index contributed by atoms with van der Waals surface area (Å²) in [6.07, 6.45) is 2.16. The summed E-state index contributed by atoms with van der Waals surface area (Å²) in [5.41, 5.74) is 1.13. The summed E-state index contributed by atoms with van der Waals surface area (Å²) in [7, 11) is 0. The molecular formula is C17H15ClF2. The Kier molecular flexibility index (Phi) is 3.51. The van der Waals surface area contributed by atoms with Crippen LogP contribution in [0, 0.1) is 11.6 Å². The van der Waals surface area contributed by atoms with Gasteiger partial charge in [0, 0.05) is 16.4 Å². The van der Waals surface area contributed by atoms with Crippen molar-refractivity contribution in [1.29, 1.82) is 0 Å². The van der Waals surface area contributed by atoms with E-state index in [4.69, 9.17) is 11.6 Å². The summed E-state index contributed by atoms with van der Waals surface area (Å²) < 4.78 is 27.4. The van der Waals surface area contributed by atoms with E-state index in [9.17, 15) is 8.78 Å². The van der Waals surface area contributed by atoms with Gasteiger partial charge in [-0.15, -0.1) is 11.6 Å². The molecule has 3 heteroatoms. The fourth-order valence-electron chi connectivity index (χ4n) is 2.79. The SMILES string of the molecule is Fc1cccc(F)c1CC(Cl)C1(c2ccccc2)CC1. The minimum Gasteiger partial charge on any atom is -0.207 e. The van der Waals surface area contributed by atoms with Crippen molar-refractivity contribution >= 4 is 11.6 Å². The van der Waals surface area contributed by atoms with Crippen LogP contribution < -0.4 is 0 Å². The Morgan fingerprint density at radius 1 is 0.950 bits per heavy atom. The minimum absolute atomic E-state index is 0.0923. The summed E-state index contributed by atoms with van der Waals surface area (Å²) in [5.74, 6) is -1.03. The van der Waals surface area contributed by atoms with Crippen LogP contribution in [0.3, 0.4) is 0 Å². The molecule has 1 fully saturated rings. The number of halogens is 3. The molecule has 104 valence electrons. The largest absolute Gasteiger partial charge is 0.207 e. The zero-order valence-electron chi connectivity index (χ0n) is 11.0. The highest BCUT2D eigenvalue weighted by atomic mass is 35.5. The normalized spacial score (nSPS) is 17.8. The molecule has 0 heterocycles. The molecule has 2 aromatic carbocycles. The van der Waals surface area contributed by atoms with Gasteiger partial charge in [0.15, 0.2) is 0 Å². The maximum absolute atomic E-state index is 13.7. The van der Waals surface area contributed by atoms with Crippen LogP contribution in [0.4, 0.5) is 8.78 Å². The first-order valence-corrected chi connectivity index (χ1v) is 7.19. The molecular weight excluding hydrogens is 278 g/mol. The van der Waals surface area contributed by atoms with Crippen LogP contribution in [0.25, 0.3) is 0 Å². The van der Waals surface area contributed by atoms with Gasteiger partial charge >= 0.3 is 0 Å². The van der Waals surface area contributed by atoms with Crippen LogP contribution in [0.5, 0.6) is 0 Å². The summed E-state index contributed by atoms with van der Waals surface area (Å²) in [5, 5.41) is -0.295. The van der Waals surface area contributed by atoms with Gasteiger partial charge in [-0.25, -0.2) is 8.78 Å². The van der Waals surface area contributed by atoms with Crippen LogP contribution in [-0.4, -0.2) is 5.38 Å². The third-order valence-electron chi connectivity index (χ3n) is 4.18. The number of alkyl halides is 1. The second-order valence-electron chi connectivity index (χ2n) is 5.39. The Labute approximate surface area is 122 Å². The van der Waals surface area contributed by atoms with Crippen LogP contribution >= 0.6 is 11.6 Å². The molecule has 1 unspecified atom stereocenters. The number of hydrogen-bond acceptors (Lipinski definition) is 0. The van der Waals surface area contributed by atoms with Crippen molar-refractivity contribution in [2.45, 2.75) is 30.1 Å². The molecule has 1 aliphatic rings. The monoisotopic (exact) mass is 292 g/mol. The Hall–Kier alpha value is -1.41. The lowest BCUT2D eigenvalue weighted by atomic mass is 9.88. The fourth-order valence-corrected chi connectivity index (χ4v) is 3.29. The van der Waals surface area contributed by atoms with Gasteiger partial charge in [-0.1, -0.05) is 36.4 Å². The highest BCUT2D eigenvalue weighted by Crippen LogP contribution is 2.53. The Morgan fingerprint density at radius 2 is 1.55 bits per heavy atom. The minimum atomic E-state index is -0.514. The van der Waals surface area contributed by atoms with Crippen molar-refractivity contribution in [2.75, 3.05) is 0 Å². The maximum atomic E-state index is 13.7.